The highest BCUT2D eigenvalue weighted by molar-refractivity contribution is 5.16. The molecule has 0 aliphatic carbocycles. The van der Waals surface area contributed by atoms with Gasteiger partial charge in [0.15, 0.2) is 0 Å². The third kappa shape index (κ3) is 5.77. The Morgan fingerprint density at radius 1 is 0.913 bits per heavy atom. The van der Waals surface area contributed by atoms with Crippen molar-refractivity contribution in [3.8, 4) is 0 Å². The molecule has 23 heavy (non-hydrogen) atoms. The number of hydrogen-bond donors (Lipinski definition) is 3. The van der Waals surface area contributed by atoms with Gasteiger partial charge >= 0.3 is 0 Å². The molecule has 0 radical (unpaired) electrons. The quantitative estimate of drug-likeness (QED) is 0.618. The smallest absolute Gasteiger partial charge is 0.0837 e. The van der Waals surface area contributed by atoms with Gasteiger partial charge in [0, 0.05) is 19.1 Å². The van der Waals surface area contributed by atoms with E-state index in [1.54, 1.807) is 0 Å². The Morgan fingerprint density at radius 2 is 1.48 bits per heavy atom. The van der Waals surface area contributed by atoms with Crippen molar-refractivity contribution in [2.75, 3.05) is 20.6 Å². The lowest BCUT2D eigenvalue weighted by Gasteiger charge is -2.29. The average Bonchev–Trinajstić information content (AvgIpc) is 2.60. The summed E-state index contributed by atoms with van der Waals surface area (Å²) in [6.07, 6.45) is 0.345. The van der Waals surface area contributed by atoms with Crippen LogP contribution in [0.25, 0.3) is 0 Å². The van der Waals surface area contributed by atoms with Gasteiger partial charge in [-0.25, -0.2) is 5.01 Å². The minimum absolute atomic E-state index is 0.0176. The number of hydrogen-bond acceptors (Lipinski definition) is 4. The third-order valence-corrected chi connectivity index (χ3v) is 4.07. The van der Waals surface area contributed by atoms with E-state index in [1.807, 2.05) is 55.5 Å². The lowest BCUT2D eigenvalue weighted by molar-refractivity contribution is 0.0586. The molecule has 2 atom stereocenters. The molecule has 4 nitrogen and oxygen atoms in total. The minimum Gasteiger partial charge on any atom is -0.390 e. The maximum absolute atomic E-state index is 10.6. The van der Waals surface area contributed by atoms with E-state index < -0.39 is 6.10 Å². The number of aliphatic hydroxyl groups is 1. The number of nitrogens with zero attached hydrogens (tertiary/aromatic N) is 1. The Bertz CT molecular complexity index is 547. The average molecular weight is 313 g/mol. The molecule has 0 fully saturated rings. The van der Waals surface area contributed by atoms with E-state index in [1.165, 1.54) is 11.1 Å². The predicted molar refractivity (Wildman–Crippen MR) is 94.9 cm³/mol. The summed E-state index contributed by atoms with van der Waals surface area (Å²) in [5.41, 5.74) is 5.62. The SMILES string of the molecule is CNC(Cc1ccccc1)[C@@H](O)CN(Cc1ccccc1)NC. The molecular weight excluding hydrogens is 286 g/mol. The van der Waals surface area contributed by atoms with Crippen LogP contribution in [0.4, 0.5) is 0 Å². The van der Waals surface area contributed by atoms with Crippen molar-refractivity contribution in [1.82, 2.24) is 15.8 Å². The van der Waals surface area contributed by atoms with Crippen LogP contribution in [0.3, 0.4) is 0 Å². The molecule has 2 aromatic rings. The minimum atomic E-state index is -0.462. The summed E-state index contributed by atoms with van der Waals surface area (Å²) in [7, 11) is 3.79. The summed E-state index contributed by atoms with van der Waals surface area (Å²) in [6.45, 7) is 1.32. The monoisotopic (exact) mass is 313 g/mol. The van der Waals surface area contributed by atoms with Crippen LogP contribution in [-0.2, 0) is 13.0 Å². The number of benzene rings is 2. The van der Waals surface area contributed by atoms with Gasteiger partial charge in [0.05, 0.1) is 6.10 Å². The molecule has 3 N–H and O–H groups in total. The molecule has 2 aromatic carbocycles. The molecule has 0 saturated heterocycles. The number of aliphatic hydroxyl groups excluding tert-OH is 1. The molecule has 0 spiro atoms. The summed E-state index contributed by atoms with van der Waals surface area (Å²) >= 11 is 0. The molecule has 2 rings (SSSR count). The summed E-state index contributed by atoms with van der Waals surface area (Å²) in [5.74, 6) is 0. The summed E-state index contributed by atoms with van der Waals surface area (Å²) < 4.78 is 0. The molecule has 1 unspecified atom stereocenters. The van der Waals surface area contributed by atoms with Crippen LogP contribution in [0.15, 0.2) is 60.7 Å². The molecule has 4 heteroatoms. The zero-order valence-corrected chi connectivity index (χ0v) is 13.9. The first-order valence-corrected chi connectivity index (χ1v) is 8.08. The number of rotatable bonds is 9. The highest BCUT2D eigenvalue weighted by atomic mass is 16.3. The molecular formula is C19H27N3O. The number of nitrogens with one attached hydrogen (secondary N) is 2. The molecule has 0 heterocycles. The van der Waals surface area contributed by atoms with E-state index in [9.17, 15) is 5.11 Å². The standard InChI is InChI=1S/C19H27N3O/c1-20-18(13-16-9-5-3-6-10-16)19(23)15-22(21-2)14-17-11-7-4-8-12-17/h3-12,18-21,23H,13-15H2,1-2H3/t18?,19-/m0/s1. The largest absolute Gasteiger partial charge is 0.390 e. The van der Waals surface area contributed by atoms with E-state index in [0.29, 0.717) is 6.54 Å². The Balaban J connectivity index is 1.92. The van der Waals surface area contributed by atoms with E-state index in [-0.39, 0.29) is 6.04 Å². The van der Waals surface area contributed by atoms with Crippen molar-refractivity contribution in [1.29, 1.82) is 0 Å². The van der Waals surface area contributed by atoms with E-state index in [2.05, 4.69) is 35.0 Å². The topological polar surface area (TPSA) is 47.5 Å². The van der Waals surface area contributed by atoms with Crippen molar-refractivity contribution in [2.24, 2.45) is 0 Å². The van der Waals surface area contributed by atoms with Crippen LogP contribution < -0.4 is 10.7 Å². The van der Waals surface area contributed by atoms with Crippen molar-refractivity contribution >= 4 is 0 Å². The van der Waals surface area contributed by atoms with Crippen LogP contribution in [0.2, 0.25) is 0 Å². The van der Waals surface area contributed by atoms with Gasteiger partial charge in [0.25, 0.3) is 0 Å². The third-order valence-electron chi connectivity index (χ3n) is 4.07. The zero-order chi connectivity index (χ0) is 16.5. The van der Waals surface area contributed by atoms with Crippen LogP contribution in [0, 0.1) is 0 Å². The molecule has 0 saturated carbocycles. The van der Waals surface area contributed by atoms with Crippen LogP contribution >= 0.6 is 0 Å². The Morgan fingerprint density at radius 3 is 2.00 bits per heavy atom. The predicted octanol–water partition coefficient (Wildman–Crippen LogP) is 1.81. The van der Waals surface area contributed by atoms with Gasteiger partial charge in [-0.2, -0.15) is 0 Å². The number of hydrazine groups is 1. The van der Waals surface area contributed by atoms with Gasteiger partial charge < -0.3 is 10.4 Å². The lowest BCUT2D eigenvalue weighted by atomic mass is 10.0. The first kappa shape index (κ1) is 17.6. The highest BCUT2D eigenvalue weighted by Gasteiger charge is 2.20. The molecule has 0 aromatic heterocycles. The summed E-state index contributed by atoms with van der Waals surface area (Å²) in [5, 5.41) is 15.9. The van der Waals surface area contributed by atoms with Crippen molar-refractivity contribution in [3.63, 3.8) is 0 Å². The summed E-state index contributed by atoms with van der Waals surface area (Å²) in [4.78, 5) is 0. The van der Waals surface area contributed by atoms with Gasteiger partial charge in [0.2, 0.25) is 0 Å². The second-order valence-electron chi connectivity index (χ2n) is 5.74. The first-order valence-electron chi connectivity index (χ1n) is 8.08. The van der Waals surface area contributed by atoms with Crippen LogP contribution in [-0.4, -0.2) is 42.9 Å². The molecule has 0 aliphatic heterocycles. The van der Waals surface area contributed by atoms with Gasteiger partial charge in [-0.05, 0) is 31.6 Å². The zero-order valence-electron chi connectivity index (χ0n) is 13.9. The van der Waals surface area contributed by atoms with Gasteiger partial charge in [-0.1, -0.05) is 60.7 Å². The lowest BCUT2D eigenvalue weighted by Crippen LogP contribution is -2.49. The molecule has 124 valence electrons. The molecule has 0 bridgehead atoms. The normalized spacial score (nSPS) is 13.9. The molecule has 0 amide bonds. The van der Waals surface area contributed by atoms with Crippen molar-refractivity contribution in [3.05, 3.63) is 71.8 Å². The van der Waals surface area contributed by atoms with Crippen molar-refractivity contribution in [2.45, 2.75) is 25.1 Å². The number of likely N-dealkylation sites (N-methyl/N-ethyl adjacent to an activating group) is 1. The van der Waals surface area contributed by atoms with Crippen molar-refractivity contribution < 1.29 is 5.11 Å². The van der Waals surface area contributed by atoms with Gasteiger partial charge in [-0.15, -0.1) is 0 Å². The fraction of sp³-hybridized carbons (Fsp3) is 0.368. The first-order chi connectivity index (χ1) is 11.2. The molecule has 0 aliphatic rings. The van der Waals surface area contributed by atoms with E-state index in [0.717, 1.165) is 13.0 Å². The Labute approximate surface area is 139 Å². The fourth-order valence-electron chi connectivity index (χ4n) is 2.69. The van der Waals surface area contributed by atoms with Gasteiger partial charge in [-0.3, -0.25) is 5.43 Å². The van der Waals surface area contributed by atoms with Crippen LogP contribution in [0.5, 0.6) is 0 Å². The Kier molecular flexibility index (Phi) is 7.23. The van der Waals surface area contributed by atoms with Gasteiger partial charge in [0.1, 0.15) is 0 Å². The maximum atomic E-state index is 10.6. The highest BCUT2D eigenvalue weighted by Crippen LogP contribution is 2.09. The Hall–Kier alpha value is -1.72. The maximum Gasteiger partial charge on any atom is 0.0837 e. The van der Waals surface area contributed by atoms with E-state index >= 15 is 0 Å². The van der Waals surface area contributed by atoms with E-state index in [4.69, 9.17) is 0 Å². The second-order valence-corrected chi connectivity index (χ2v) is 5.74. The second kappa shape index (κ2) is 9.43. The van der Waals surface area contributed by atoms with Crippen LogP contribution in [0.1, 0.15) is 11.1 Å². The fourth-order valence-corrected chi connectivity index (χ4v) is 2.69. The summed E-state index contributed by atoms with van der Waals surface area (Å²) in [6, 6.07) is 20.5.